The molecular weight excluding hydrogens is 233 g/mol. The van der Waals surface area contributed by atoms with Crippen molar-refractivity contribution < 1.29 is 8.82 Å². The van der Waals surface area contributed by atoms with E-state index in [-0.39, 0.29) is 5.82 Å². The van der Waals surface area contributed by atoms with Crippen LogP contribution in [0.15, 0.2) is 35.7 Å². The van der Waals surface area contributed by atoms with Crippen LogP contribution in [0.3, 0.4) is 0 Å². The van der Waals surface area contributed by atoms with Gasteiger partial charge >= 0.3 is 0 Å². The maximum Gasteiger partial charge on any atom is 0.244 e. The molecule has 1 aromatic rings. The summed E-state index contributed by atoms with van der Waals surface area (Å²) in [6.07, 6.45) is 1.58. The third kappa shape index (κ3) is 4.95. The van der Waals surface area contributed by atoms with E-state index in [0.717, 1.165) is 11.1 Å². The maximum absolute atomic E-state index is 13.0. The van der Waals surface area contributed by atoms with Crippen molar-refractivity contribution in [1.29, 1.82) is 0 Å². The third-order valence-electron chi connectivity index (χ3n) is 2.01. The Labute approximate surface area is 103 Å². The summed E-state index contributed by atoms with van der Waals surface area (Å²) in [6.45, 7) is 11.8. The van der Waals surface area contributed by atoms with Gasteiger partial charge in [-0.1, -0.05) is 6.07 Å². The Bertz CT molecular complexity index is 449. The average molecular weight is 251 g/mol. The van der Waals surface area contributed by atoms with E-state index >= 15 is 0 Å². The molecule has 0 atom stereocenters. The Morgan fingerprint density at radius 1 is 1.41 bits per heavy atom. The van der Waals surface area contributed by atoms with E-state index in [1.54, 1.807) is 12.3 Å². The summed E-state index contributed by atoms with van der Waals surface area (Å²) in [7, 11) is -1.67. The van der Waals surface area contributed by atoms with Crippen LogP contribution in [0, 0.1) is 12.7 Å². The van der Waals surface area contributed by atoms with E-state index in [1.165, 1.54) is 12.1 Å². The summed E-state index contributed by atoms with van der Waals surface area (Å²) < 4.78 is 18.6. The van der Waals surface area contributed by atoms with Crippen LogP contribution in [-0.2, 0) is 4.43 Å². The fourth-order valence-corrected chi connectivity index (χ4v) is 2.03. The van der Waals surface area contributed by atoms with Gasteiger partial charge in [0.25, 0.3) is 0 Å². The minimum absolute atomic E-state index is 0.270. The van der Waals surface area contributed by atoms with Crippen LogP contribution in [-0.4, -0.2) is 14.5 Å². The predicted octanol–water partition coefficient (Wildman–Crippen LogP) is 3.88. The smallest absolute Gasteiger partial charge is 0.244 e. The number of hydrogen-bond acceptors (Lipinski definition) is 2. The number of nitrogens with zero attached hydrogens (tertiary/aromatic N) is 1. The molecule has 0 fully saturated rings. The van der Waals surface area contributed by atoms with Gasteiger partial charge in [0.2, 0.25) is 8.32 Å². The molecule has 0 aliphatic carbocycles. The third-order valence-corrected chi connectivity index (χ3v) is 2.86. The van der Waals surface area contributed by atoms with Crippen molar-refractivity contribution in [3.05, 3.63) is 47.6 Å². The Morgan fingerprint density at radius 2 is 2.06 bits per heavy atom. The molecule has 0 aliphatic rings. The second-order valence-electron chi connectivity index (χ2n) is 4.87. The van der Waals surface area contributed by atoms with Crippen molar-refractivity contribution in [2.45, 2.75) is 26.6 Å². The molecule has 4 heteroatoms. The molecule has 1 rings (SSSR count). The van der Waals surface area contributed by atoms with Gasteiger partial charge in [-0.25, -0.2) is 9.38 Å². The normalized spacial score (nSPS) is 11.8. The predicted molar refractivity (Wildman–Crippen MR) is 72.3 cm³/mol. The lowest BCUT2D eigenvalue weighted by atomic mass is 10.1. The molecule has 17 heavy (non-hydrogen) atoms. The number of benzene rings is 1. The number of halogens is 1. The number of rotatable bonds is 4. The molecule has 0 radical (unpaired) electrons. The first kappa shape index (κ1) is 13.6. The highest BCUT2D eigenvalue weighted by atomic mass is 28.4. The fraction of sp³-hybridized carbons (Fsp3) is 0.308. The van der Waals surface area contributed by atoms with Crippen LogP contribution in [0.2, 0.25) is 19.6 Å². The molecule has 1 aromatic carbocycles. The second-order valence-corrected chi connectivity index (χ2v) is 9.30. The maximum atomic E-state index is 13.0. The quantitative estimate of drug-likeness (QED) is 0.452. The monoisotopic (exact) mass is 251 g/mol. The van der Waals surface area contributed by atoms with E-state index in [0.29, 0.717) is 5.88 Å². The van der Waals surface area contributed by atoms with Gasteiger partial charge in [0.05, 0.1) is 0 Å². The van der Waals surface area contributed by atoms with Gasteiger partial charge < -0.3 is 4.43 Å². The van der Waals surface area contributed by atoms with Crippen LogP contribution >= 0.6 is 0 Å². The summed E-state index contributed by atoms with van der Waals surface area (Å²) >= 11 is 0. The highest BCUT2D eigenvalue weighted by molar-refractivity contribution is 6.70. The fourth-order valence-electron chi connectivity index (χ4n) is 1.27. The zero-order chi connectivity index (χ0) is 13.1. The van der Waals surface area contributed by atoms with Crippen molar-refractivity contribution in [1.82, 2.24) is 0 Å². The Morgan fingerprint density at radius 3 is 2.65 bits per heavy atom. The Kier molecular flexibility index (Phi) is 4.23. The molecule has 0 amide bonds. The zero-order valence-corrected chi connectivity index (χ0v) is 11.7. The van der Waals surface area contributed by atoms with Crippen LogP contribution in [0.1, 0.15) is 11.1 Å². The van der Waals surface area contributed by atoms with E-state index in [2.05, 4.69) is 31.2 Å². The Balaban J connectivity index is 2.77. The van der Waals surface area contributed by atoms with Crippen molar-refractivity contribution in [3.8, 4) is 0 Å². The summed E-state index contributed by atoms with van der Waals surface area (Å²) in [4.78, 5) is 4.11. The molecular formula is C13H18FNOSi. The van der Waals surface area contributed by atoms with Gasteiger partial charge in [-0.05, 0) is 56.4 Å². The lowest BCUT2D eigenvalue weighted by molar-refractivity contribution is 0.421. The highest BCUT2D eigenvalue weighted by Crippen LogP contribution is 2.11. The minimum Gasteiger partial charge on any atom is -0.532 e. The number of aryl methyl sites for hydroxylation is 1. The molecule has 0 saturated heterocycles. The van der Waals surface area contributed by atoms with Crippen molar-refractivity contribution in [2.24, 2.45) is 4.99 Å². The van der Waals surface area contributed by atoms with E-state index in [4.69, 9.17) is 4.43 Å². The van der Waals surface area contributed by atoms with Crippen molar-refractivity contribution >= 4 is 14.5 Å². The van der Waals surface area contributed by atoms with Crippen LogP contribution in [0.5, 0.6) is 0 Å². The molecule has 0 aromatic heterocycles. The van der Waals surface area contributed by atoms with Crippen molar-refractivity contribution in [2.75, 3.05) is 0 Å². The van der Waals surface area contributed by atoms with E-state index in [1.807, 2.05) is 6.92 Å². The van der Waals surface area contributed by atoms with Gasteiger partial charge in [-0.3, -0.25) is 0 Å². The first-order valence-electron chi connectivity index (χ1n) is 5.46. The van der Waals surface area contributed by atoms with Gasteiger partial charge in [0.15, 0.2) is 5.88 Å². The van der Waals surface area contributed by atoms with Gasteiger partial charge in [0.1, 0.15) is 5.82 Å². The standard InChI is InChI=1S/C13H18FNOSi/c1-10-6-7-13(14)8-12(10)9-15-11(2)16-17(3,4)5/h6-9H,2H2,1,3-5H3/b15-9+. The van der Waals surface area contributed by atoms with Crippen LogP contribution < -0.4 is 0 Å². The number of aliphatic imine (C=N–C) groups is 1. The SMILES string of the molecule is C=C(/N=C/c1cc(F)ccc1C)O[Si](C)(C)C. The second kappa shape index (κ2) is 5.27. The summed E-state index contributed by atoms with van der Waals surface area (Å²) in [5.74, 6) is 0.113. The van der Waals surface area contributed by atoms with Gasteiger partial charge in [0, 0.05) is 6.21 Å². The molecule has 92 valence electrons. The first-order valence-corrected chi connectivity index (χ1v) is 8.87. The molecule has 0 aliphatic heterocycles. The van der Waals surface area contributed by atoms with Gasteiger partial charge in [-0.2, -0.15) is 0 Å². The highest BCUT2D eigenvalue weighted by Gasteiger charge is 2.16. The molecule has 0 bridgehead atoms. The van der Waals surface area contributed by atoms with Crippen LogP contribution in [0.4, 0.5) is 4.39 Å². The zero-order valence-electron chi connectivity index (χ0n) is 10.7. The molecule has 0 N–H and O–H groups in total. The van der Waals surface area contributed by atoms with E-state index in [9.17, 15) is 4.39 Å². The average Bonchev–Trinajstić information content (AvgIpc) is 2.17. The number of hydrogen-bond donors (Lipinski definition) is 0. The van der Waals surface area contributed by atoms with Crippen molar-refractivity contribution in [3.63, 3.8) is 0 Å². The summed E-state index contributed by atoms with van der Waals surface area (Å²) in [5.41, 5.74) is 1.71. The molecule has 0 saturated carbocycles. The topological polar surface area (TPSA) is 21.6 Å². The summed E-state index contributed by atoms with van der Waals surface area (Å²) in [6, 6.07) is 4.60. The first-order chi connectivity index (χ1) is 7.78. The minimum atomic E-state index is -1.67. The lowest BCUT2D eigenvalue weighted by Gasteiger charge is -2.18. The van der Waals surface area contributed by atoms with E-state index < -0.39 is 8.32 Å². The lowest BCUT2D eigenvalue weighted by Crippen LogP contribution is -2.24. The molecule has 0 heterocycles. The van der Waals surface area contributed by atoms with Crippen LogP contribution in [0.25, 0.3) is 0 Å². The molecule has 0 unspecified atom stereocenters. The summed E-state index contributed by atoms with van der Waals surface area (Å²) in [5, 5.41) is 0. The largest absolute Gasteiger partial charge is 0.532 e. The molecule has 0 spiro atoms. The molecule has 2 nitrogen and oxygen atoms in total. The Hall–Kier alpha value is -1.42. The van der Waals surface area contributed by atoms with Gasteiger partial charge in [-0.15, -0.1) is 0 Å².